The number of pyridine rings is 1. The van der Waals surface area contributed by atoms with Crippen LogP contribution in [0.3, 0.4) is 0 Å². The quantitative estimate of drug-likeness (QED) is 0.840. The third kappa shape index (κ3) is 3.36. The third-order valence-electron chi connectivity index (χ3n) is 3.50. The number of carbonyl (C=O) groups is 1. The van der Waals surface area contributed by atoms with Crippen molar-refractivity contribution in [3.8, 4) is 0 Å². The van der Waals surface area contributed by atoms with Gasteiger partial charge in [0.15, 0.2) is 0 Å². The standard InChI is InChI=1S/C12H16FN3O4S/c1-9(12(17)18)15-2-4-16(5-3-15)21(19,20)11-6-10(13)7-14-8-11/h6-9H,2-5H2,1H3,(H,17,18). The van der Waals surface area contributed by atoms with Crippen LogP contribution in [-0.2, 0) is 14.8 Å². The van der Waals surface area contributed by atoms with Gasteiger partial charge < -0.3 is 5.11 Å². The van der Waals surface area contributed by atoms with Crippen LogP contribution < -0.4 is 0 Å². The molecule has 0 amide bonds. The molecule has 21 heavy (non-hydrogen) atoms. The second-order valence-electron chi connectivity index (χ2n) is 4.79. The summed E-state index contributed by atoms with van der Waals surface area (Å²) in [5, 5.41) is 8.95. The minimum Gasteiger partial charge on any atom is -0.480 e. The van der Waals surface area contributed by atoms with Crippen LogP contribution in [0.2, 0.25) is 0 Å². The maximum Gasteiger partial charge on any atom is 0.320 e. The SMILES string of the molecule is CC(C(=O)O)N1CCN(S(=O)(=O)c2cncc(F)c2)CC1. The Morgan fingerprint density at radius 2 is 1.95 bits per heavy atom. The van der Waals surface area contributed by atoms with E-state index in [4.69, 9.17) is 5.11 Å². The van der Waals surface area contributed by atoms with E-state index in [0.29, 0.717) is 13.1 Å². The van der Waals surface area contributed by atoms with E-state index >= 15 is 0 Å². The van der Waals surface area contributed by atoms with Crippen LogP contribution in [0.15, 0.2) is 23.4 Å². The van der Waals surface area contributed by atoms with Gasteiger partial charge in [-0.05, 0) is 13.0 Å². The molecule has 1 unspecified atom stereocenters. The monoisotopic (exact) mass is 317 g/mol. The van der Waals surface area contributed by atoms with E-state index in [9.17, 15) is 17.6 Å². The van der Waals surface area contributed by atoms with Crippen molar-refractivity contribution in [1.29, 1.82) is 0 Å². The van der Waals surface area contributed by atoms with Crippen molar-refractivity contribution in [2.24, 2.45) is 0 Å². The fourth-order valence-electron chi connectivity index (χ4n) is 2.17. The normalized spacial score (nSPS) is 19.3. The first kappa shape index (κ1) is 15.8. The summed E-state index contributed by atoms with van der Waals surface area (Å²) in [6.45, 7) is 2.51. The number of aromatic nitrogens is 1. The Bertz CT molecular complexity index is 629. The predicted octanol–water partition coefficient (Wildman–Crippen LogP) is 0.000100. The fraction of sp³-hybridized carbons (Fsp3) is 0.500. The van der Waals surface area contributed by atoms with Crippen LogP contribution in [-0.4, -0.2) is 65.9 Å². The molecule has 0 saturated carbocycles. The lowest BCUT2D eigenvalue weighted by atomic mass is 10.2. The predicted molar refractivity (Wildman–Crippen MR) is 71.6 cm³/mol. The molecule has 0 aliphatic carbocycles. The average Bonchev–Trinajstić information content (AvgIpc) is 2.46. The average molecular weight is 317 g/mol. The summed E-state index contributed by atoms with van der Waals surface area (Å²) in [6.07, 6.45) is 2.04. The van der Waals surface area contributed by atoms with E-state index in [0.717, 1.165) is 18.5 Å². The zero-order chi connectivity index (χ0) is 15.6. The van der Waals surface area contributed by atoms with Gasteiger partial charge in [-0.1, -0.05) is 0 Å². The van der Waals surface area contributed by atoms with Gasteiger partial charge in [-0.2, -0.15) is 4.31 Å². The molecule has 2 heterocycles. The van der Waals surface area contributed by atoms with Crippen LogP contribution in [0.1, 0.15) is 6.92 Å². The topological polar surface area (TPSA) is 90.8 Å². The van der Waals surface area contributed by atoms with Crippen LogP contribution in [0.4, 0.5) is 4.39 Å². The molecule has 2 rings (SSSR count). The molecule has 1 aromatic rings. The number of halogens is 1. The van der Waals surface area contributed by atoms with E-state index in [1.807, 2.05) is 0 Å². The molecule has 1 aliphatic rings. The zero-order valence-electron chi connectivity index (χ0n) is 11.4. The second kappa shape index (κ2) is 6.04. The van der Waals surface area contributed by atoms with Crippen LogP contribution in [0, 0.1) is 5.82 Å². The molecule has 1 N–H and O–H groups in total. The number of carboxylic acid groups (broad SMARTS) is 1. The highest BCUT2D eigenvalue weighted by molar-refractivity contribution is 7.89. The molecular weight excluding hydrogens is 301 g/mol. The number of sulfonamides is 1. The second-order valence-corrected chi connectivity index (χ2v) is 6.73. The van der Waals surface area contributed by atoms with Gasteiger partial charge in [-0.15, -0.1) is 0 Å². The summed E-state index contributed by atoms with van der Waals surface area (Å²) in [5.74, 6) is -1.66. The maximum absolute atomic E-state index is 13.1. The summed E-state index contributed by atoms with van der Waals surface area (Å²) >= 11 is 0. The summed E-state index contributed by atoms with van der Waals surface area (Å²) in [5.41, 5.74) is 0. The van der Waals surface area contributed by atoms with Crippen molar-refractivity contribution in [2.45, 2.75) is 17.9 Å². The number of rotatable bonds is 4. The molecule has 0 radical (unpaired) electrons. The smallest absolute Gasteiger partial charge is 0.320 e. The highest BCUT2D eigenvalue weighted by Crippen LogP contribution is 2.18. The lowest BCUT2D eigenvalue weighted by molar-refractivity contribution is -0.143. The first-order valence-corrected chi connectivity index (χ1v) is 7.84. The molecule has 7 nitrogen and oxygen atoms in total. The third-order valence-corrected chi connectivity index (χ3v) is 5.36. The van der Waals surface area contributed by atoms with Gasteiger partial charge in [0.1, 0.15) is 16.8 Å². The summed E-state index contributed by atoms with van der Waals surface area (Å²) < 4.78 is 39.0. The number of aliphatic carboxylic acids is 1. The Morgan fingerprint density at radius 3 is 2.48 bits per heavy atom. The molecule has 1 aliphatic heterocycles. The number of piperazine rings is 1. The highest BCUT2D eigenvalue weighted by Gasteiger charge is 2.31. The Labute approximate surface area is 122 Å². The van der Waals surface area contributed by atoms with Gasteiger partial charge >= 0.3 is 5.97 Å². The lowest BCUT2D eigenvalue weighted by Crippen LogP contribution is -2.53. The highest BCUT2D eigenvalue weighted by atomic mass is 32.2. The van der Waals surface area contributed by atoms with Gasteiger partial charge in [0.25, 0.3) is 0 Å². The first-order chi connectivity index (χ1) is 9.82. The van der Waals surface area contributed by atoms with Crippen LogP contribution >= 0.6 is 0 Å². The maximum atomic E-state index is 13.1. The van der Waals surface area contributed by atoms with Gasteiger partial charge in [0.05, 0.1) is 6.20 Å². The summed E-state index contributed by atoms with van der Waals surface area (Å²) in [4.78, 5) is 16.0. The van der Waals surface area contributed by atoms with Crippen molar-refractivity contribution in [1.82, 2.24) is 14.2 Å². The van der Waals surface area contributed by atoms with Crippen molar-refractivity contribution < 1.29 is 22.7 Å². The molecule has 0 spiro atoms. The van der Waals surface area contributed by atoms with Gasteiger partial charge in [-0.3, -0.25) is 14.7 Å². The summed E-state index contributed by atoms with van der Waals surface area (Å²) in [7, 11) is -3.80. The number of hydrogen-bond acceptors (Lipinski definition) is 5. The zero-order valence-corrected chi connectivity index (χ0v) is 12.3. The molecule has 1 aromatic heterocycles. The Morgan fingerprint density at radius 1 is 1.33 bits per heavy atom. The van der Waals surface area contributed by atoms with Gasteiger partial charge in [0, 0.05) is 32.4 Å². The van der Waals surface area contributed by atoms with E-state index in [1.54, 1.807) is 11.8 Å². The number of nitrogens with zero attached hydrogens (tertiary/aromatic N) is 3. The van der Waals surface area contributed by atoms with Crippen molar-refractivity contribution >= 4 is 16.0 Å². The largest absolute Gasteiger partial charge is 0.480 e. The molecular formula is C12H16FN3O4S. The van der Waals surface area contributed by atoms with Gasteiger partial charge in [-0.25, -0.2) is 12.8 Å². The Hall–Kier alpha value is -1.58. The Kier molecular flexibility index (Phi) is 4.55. The fourth-order valence-corrected chi connectivity index (χ4v) is 3.57. The van der Waals surface area contributed by atoms with Crippen molar-refractivity contribution in [2.75, 3.05) is 26.2 Å². The van der Waals surface area contributed by atoms with Crippen LogP contribution in [0.5, 0.6) is 0 Å². The van der Waals surface area contributed by atoms with Crippen LogP contribution in [0.25, 0.3) is 0 Å². The molecule has 1 saturated heterocycles. The number of carboxylic acids is 1. The molecule has 1 fully saturated rings. The van der Waals surface area contributed by atoms with Crippen molar-refractivity contribution in [3.05, 3.63) is 24.3 Å². The van der Waals surface area contributed by atoms with Gasteiger partial charge in [0.2, 0.25) is 10.0 Å². The minimum atomic E-state index is -3.80. The lowest BCUT2D eigenvalue weighted by Gasteiger charge is -2.35. The first-order valence-electron chi connectivity index (χ1n) is 6.40. The molecule has 9 heteroatoms. The molecule has 0 aromatic carbocycles. The Balaban J connectivity index is 2.09. The van der Waals surface area contributed by atoms with E-state index in [-0.39, 0.29) is 18.0 Å². The van der Waals surface area contributed by atoms with E-state index in [2.05, 4.69) is 4.98 Å². The minimum absolute atomic E-state index is 0.163. The molecule has 1 atom stereocenters. The summed E-state index contributed by atoms with van der Waals surface area (Å²) in [6, 6.07) is 0.264. The van der Waals surface area contributed by atoms with E-state index < -0.39 is 27.9 Å². The van der Waals surface area contributed by atoms with E-state index in [1.165, 1.54) is 4.31 Å². The number of hydrogen-bond donors (Lipinski definition) is 1. The van der Waals surface area contributed by atoms with Crippen molar-refractivity contribution in [3.63, 3.8) is 0 Å². The molecule has 0 bridgehead atoms. The molecule has 116 valence electrons.